The lowest BCUT2D eigenvalue weighted by Gasteiger charge is -2.11. The highest BCUT2D eigenvalue weighted by atomic mass is 35.5. The zero-order valence-corrected chi connectivity index (χ0v) is 9.88. The number of ether oxygens (including phenoxy) is 1. The molecule has 1 aromatic carbocycles. The summed E-state index contributed by atoms with van der Waals surface area (Å²) in [5.41, 5.74) is 2.30. The third kappa shape index (κ3) is 1.72. The van der Waals surface area contributed by atoms with Gasteiger partial charge in [0.05, 0.1) is 24.3 Å². The maximum absolute atomic E-state index is 9.37. The van der Waals surface area contributed by atoms with Gasteiger partial charge >= 0.3 is 0 Å². The summed E-state index contributed by atoms with van der Waals surface area (Å²) in [6, 6.07) is 5.41. The molecule has 2 rings (SSSR count). The fourth-order valence-corrected chi connectivity index (χ4v) is 2.17. The number of fused-ring (bicyclic) bond motifs is 1. The molecule has 0 aliphatic carbocycles. The molecular formula is C12H12ClNO2. The van der Waals surface area contributed by atoms with E-state index in [9.17, 15) is 5.11 Å². The first-order valence-corrected chi connectivity index (χ1v) is 5.28. The van der Waals surface area contributed by atoms with Gasteiger partial charge in [-0.2, -0.15) is 0 Å². The van der Waals surface area contributed by atoms with Gasteiger partial charge in [-0.25, -0.2) is 0 Å². The van der Waals surface area contributed by atoms with Crippen LogP contribution in [0, 0.1) is 6.92 Å². The van der Waals surface area contributed by atoms with Crippen LogP contribution in [0.2, 0.25) is 5.02 Å². The normalized spacial score (nSPS) is 10.8. The smallest absolute Gasteiger partial charge is 0.125 e. The van der Waals surface area contributed by atoms with Crippen LogP contribution >= 0.6 is 11.6 Å². The summed E-state index contributed by atoms with van der Waals surface area (Å²) in [6.45, 7) is 1.76. The Bertz CT molecular complexity index is 540. The average molecular weight is 238 g/mol. The Hall–Kier alpha value is -1.32. The van der Waals surface area contributed by atoms with Gasteiger partial charge in [0, 0.05) is 16.6 Å². The second-order valence-electron chi connectivity index (χ2n) is 3.54. The molecule has 1 N–H and O–H groups in total. The van der Waals surface area contributed by atoms with Gasteiger partial charge in [-0.15, -0.1) is 0 Å². The lowest BCUT2D eigenvalue weighted by atomic mass is 10.1. The van der Waals surface area contributed by atoms with Crippen molar-refractivity contribution in [3.05, 3.63) is 34.5 Å². The van der Waals surface area contributed by atoms with Gasteiger partial charge in [0.1, 0.15) is 5.75 Å². The molecule has 0 unspecified atom stereocenters. The number of hydrogen-bond acceptors (Lipinski definition) is 3. The lowest BCUT2D eigenvalue weighted by Crippen LogP contribution is -1.96. The Labute approximate surface area is 98.6 Å². The van der Waals surface area contributed by atoms with Crippen molar-refractivity contribution in [2.75, 3.05) is 7.11 Å². The number of aromatic nitrogens is 1. The number of rotatable bonds is 2. The molecule has 84 valence electrons. The van der Waals surface area contributed by atoms with Gasteiger partial charge in [0.25, 0.3) is 0 Å². The highest BCUT2D eigenvalue weighted by Gasteiger charge is 2.11. The molecule has 0 saturated carbocycles. The molecular weight excluding hydrogens is 226 g/mol. The van der Waals surface area contributed by atoms with Crippen LogP contribution in [0.3, 0.4) is 0 Å². The summed E-state index contributed by atoms with van der Waals surface area (Å²) in [6.07, 6.45) is 0. The van der Waals surface area contributed by atoms with Gasteiger partial charge < -0.3 is 9.84 Å². The fraction of sp³-hybridized carbons (Fsp3) is 0.250. The second kappa shape index (κ2) is 4.28. The Kier molecular flexibility index (Phi) is 2.99. The molecule has 0 bridgehead atoms. The van der Waals surface area contributed by atoms with Crippen molar-refractivity contribution in [3.8, 4) is 5.75 Å². The van der Waals surface area contributed by atoms with Crippen molar-refractivity contribution in [3.63, 3.8) is 0 Å². The molecule has 0 amide bonds. The molecule has 0 saturated heterocycles. The number of hydrogen-bond donors (Lipinski definition) is 1. The SMILES string of the molecule is COc1ccc2nc(C)cc(Cl)c2c1CO. The van der Waals surface area contributed by atoms with Gasteiger partial charge in [0.2, 0.25) is 0 Å². The number of pyridine rings is 1. The first-order chi connectivity index (χ1) is 7.67. The summed E-state index contributed by atoms with van der Waals surface area (Å²) >= 11 is 6.17. The number of aliphatic hydroxyl groups excluding tert-OH is 1. The van der Waals surface area contributed by atoms with Gasteiger partial charge in [-0.05, 0) is 25.1 Å². The number of halogens is 1. The van der Waals surface area contributed by atoms with E-state index in [1.807, 2.05) is 13.0 Å². The molecule has 2 aromatic rings. The Morgan fingerprint density at radius 2 is 2.19 bits per heavy atom. The van der Waals surface area contributed by atoms with Crippen LogP contribution in [0.4, 0.5) is 0 Å². The predicted molar refractivity (Wildman–Crippen MR) is 64.0 cm³/mol. The van der Waals surface area contributed by atoms with Crippen LogP contribution in [-0.2, 0) is 6.61 Å². The first-order valence-electron chi connectivity index (χ1n) is 4.91. The largest absolute Gasteiger partial charge is 0.496 e. The second-order valence-corrected chi connectivity index (χ2v) is 3.95. The van der Waals surface area contributed by atoms with E-state index in [0.29, 0.717) is 16.3 Å². The number of aryl methyl sites for hydroxylation is 1. The van der Waals surface area contributed by atoms with Crippen molar-refractivity contribution in [2.24, 2.45) is 0 Å². The molecule has 1 heterocycles. The maximum atomic E-state index is 9.37. The molecule has 16 heavy (non-hydrogen) atoms. The molecule has 0 atom stereocenters. The summed E-state index contributed by atoms with van der Waals surface area (Å²) in [5.74, 6) is 0.627. The van der Waals surface area contributed by atoms with E-state index in [4.69, 9.17) is 16.3 Å². The Morgan fingerprint density at radius 3 is 2.81 bits per heavy atom. The van der Waals surface area contributed by atoms with Crippen molar-refractivity contribution < 1.29 is 9.84 Å². The summed E-state index contributed by atoms with van der Waals surface area (Å²) in [4.78, 5) is 4.37. The molecule has 0 aliphatic rings. The van der Waals surface area contributed by atoms with Crippen LogP contribution in [0.5, 0.6) is 5.75 Å². The van der Waals surface area contributed by atoms with Crippen LogP contribution < -0.4 is 4.74 Å². The van der Waals surface area contributed by atoms with Crippen molar-refractivity contribution in [1.29, 1.82) is 0 Å². The Balaban J connectivity index is 2.86. The van der Waals surface area contributed by atoms with Crippen molar-refractivity contribution in [2.45, 2.75) is 13.5 Å². The van der Waals surface area contributed by atoms with Crippen molar-refractivity contribution >= 4 is 22.5 Å². The van der Waals surface area contributed by atoms with E-state index >= 15 is 0 Å². The molecule has 0 aliphatic heterocycles. The minimum Gasteiger partial charge on any atom is -0.496 e. The van der Waals surface area contributed by atoms with Crippen LogP contribution in [0.25, 0.3) is 10.9 Å². The number of benzene rings is 1. The van der Waals surface area contributed by atoms with Crippen molar-refractivity contribution in [1.82, 2.24) is 4.98 Å². The number of aliphatic hydroxyl groups is 1. The van der Waals surface area contributed by atoms with E-state index in [0.717, 1.165) is 16.6 Å². The quantitative estimate of drug-likeness (QED) is 0.873. The van der Waals surface area contributed by atoms with Crippen LogP contribution in [0.1, 0.15) is 11.3 Å². The first kappa shape index (κ1) is 11.2. The number of methoxy groups -OCH3 is 1. The molecule has 0 radical (unpaired) electrons. The monoisotopic (exact) mass is 237 g/mol. The van der Waals surface area contributed by atoms with E-state index in [2.05, 4.69) is 4.98 Å². The van der Waals surface area contributed by atoms with E-state index in [1.165, 1.54) is 0 Å². The zero-order valence-electron chi connectivity index (χ0n) is 9.12. The highest BCUT2D eigenvalue weighted by Crippen LogP contribution is 2.32. The van der Waals surface area contributed by atoms with Crippen LogP contribution in [0.15, 0.2) is 18.2 Å². The maximum Gasteiger partial charge on any atom is 0.125 e. The minimum absolute atomic E-state index is 0.120. The standard InChI is InChI=1S/C12H12ClNO2/c1-7-5-9(13)12-8(6-15)11(16-2)4-3-10(12)14-7/h3-5,15H,6H2,1-2H3. The summed E-state index contributed by atoms with van der Waals surface area (Å²) in [5, 5.41) is 10.7. The highest BCUT2D eigenvalue weighted by molar-refractivity contribution is 6.35. The summed E-state index contributed by atoms with van der Waals surface area (Å²) in [7, 11) is 1.57. The molecule has 0 fully saturated rings. The van der Waals surface area contributed by atoms with Gasteiger partial charge in [-0.3, -0.25) is 4.98 Å². The molecule has 3 nitrogen and oxygen atoms in total. The van der Waals surface area contributed by atoms with Gasteiger partial charge in [0.15, 0.2) is 0 Å². The van der Waals surface area contributed by atoms with Crippen LogP contribution in [-0.4, -0.2) is 17.2 Å². The third-order valence-electron chi connectivity index (χ3n) is 2.50. The van der Waals surface area contributed by atoms with Gasteiger partial charge in [-0.1, -0.05) is 11.6 Å². The average Bonchev–Trinajstić information content (AvgIpc) is 2.27. The number of nitrogens with zero attached hydrogens (tertiary/aromatic N) is 1. The predicted octanol–water partition coefficient (Wildman–Crippen LogP) is 2.70. The third-order valence-corrected chi connectivity index (χ3v) is 2.80. The fourth-order valence-electron chi connectivity index (χ4n) is 1.80. The minimum atomic E-state index is -0.120. The topological polar surface area (TPSA) is 42.4 Å². The molecule has 0 spiro atoms. The zero-order chi connectivity index (χ0) is 11.7. The summed E-state index contributed by atoms with van der Waals surface area (Å²) < 4.78 is 5.18. The molecule has 4 heteroatoms. The molecule has 1 aromatic heterocycles. The van der Waals surface area contributed by atoms with E-state index in [1.54, 1.807) is 19.2 Å². The van der Waals surface area contributed by atoms with E-state index < -0.39 is 0 Å². The van der Waals surface area contributed by atoms with E-state index in [-0.39, 0.29) is 6.61 Å². The Morgan fingerprint density at radius 1 is 1.44 bits per heavy atom. The lowest BCUT2D eigenvalue weighted by molar-refractivity contribution is 0.275.